The quantitative estimate of drug-likeness (QED) is 0.167. The van der Waals surface area contributed by atoms with E-state index in [1.54, 1.807) is 5.57 Å². The van der Waals surface area contributed by atoms with Crippen LogP contribution >= 0.6 is 0 Å². The summed E-state index contributed by atoms with van der Waals surface area (Å²) in [6.07, 6.45) is 28.0. The minimum atomic E-state index is -0.366. The molecule has 3 N–H and O–H groups in total. The molecule has 344 valence electrons. The van der Waals surface area contributed by atoms with E-state index in [-0.39, 0.29) is 42.0 Å². The molecule has 4 heterocycles. The van der Waals surface area contributed by atoms with Crippen molar-refractivity contribution in [3.63, 3.8) is 0 Å². The first-order chi connectivity index (χ1) is 31.4. The van der Waals surface area contributed by atoms with E-state index in [1.165, 1.54) is 86.3 Å². The first kappa shape index (κ1) is 42.9. The van der Waals surface area contributed by atoms with Gasteiger partial charge in [0.2, 0.25) is 5.91 Å². The van der Waals surface area contributed by atoms with Gasteiger partial charge in [0, 0.05) is 31.6 Å². The largest absolute Gasteiger partial charge is 0.453 e. The number of H-pyrrole nitrogens is 2. The summed E-state index contributed by atoms with van der Waals surface area (Å²) in [5, 5.41) is 3.09. The molecule has 10 heteroatoms. The van der Waals surface area contributed by atoms with Crippen LogP contribution in [-0.4, -0.2) is 74.5 Å². The molecule has 3 aromatic rings. The van der Waals surface area contributed by atoms with Crippen molar-refractivity contribution in [2.75, 3.05) is 26.7 Å². The van der Waals surface area contributed by atoms with Gasteiger partial charge in [0.1, 0.15) is 11.6 Å². The second-order valence-corrected chi connectivity index (χ2v) is 22.7. The molecule has 2 bridgehead atoms. The Bertz CT molecular complexity index is 2430. The van der Waals surface area contributed by atoms with E-state index >= 15 is 0 Å². The molecule has 2 spiro atoms. The number of nitrogens with one attached hydrogen (secondary N) is 3. The average Bonchev–Trinajstić information content (AvgIpc) is 3.91. The Hall–Kier alpha value is -4.70. The van der Waals surface area contributed by atoms with E-state index < -0.39 is 0 Å². The molecule has 7 aliphatic carbocycles. The summed E-state index contributed by atoms with van der Waals surface area (Å²) in [7, 11) is 1.44. The van der Waals surface area contributed by atoms with Gasteiger partial charge in [-0.25, -0.2) is 14.8 Å². The fourth-order valence-corrected chi connectivity index (χ4v) is 13.3. The summed E-state index contributed by atoms with van der Waals surface area (Å²) in [5.74, 6) is 5.52. The normalized spacial score (nSPS) is 29.4. The highest BCUT2D eigenvalue weighted by molar-refractivity contribution is 5.80. The van der Waals surface area contributed by atoms with Gasteiger partial charge in [-0.2, -0.15) is 0 Å². The first-order valence-corrected chi connectivity index (χ1v) is 25.3. The third kappa shape index (κ3) is 7.97. The number of fused-ring (bicyclic) bond motifs is 2. The van der Waals surface area contributed by atoms with Crippen molar-refractivity contribution in [1.29, 1.82) is 0 Å². The maximum atomic E-state index is 13.7. The number of imidazole rings is 2. The number of methoxy groups -OCH3 is 1. The topological polar surface area (TPSA) is 119 Å². The van der Waals surface area contributed by atoms with Gasteiger partial charge >= 0.3 is 6.09 Å². The number of amides is 2. The highest BCUT2D eigenvalue weighted by Crippen LogP contribution is 2.61. The fraction of sp³-hybridized carbons (Fsp3) is 0.600. The zero-order valence-electron chi connectivity index (χ0n) is 39.7. The molecule has 9 aliphatic rings. The van der Waals surface area contributed by atoms with Crippen LogP contribution in [0.4, 0.5) is 4.79 Å². The minimum absolute atomic E-state index is 0.00694. The third-order valence-electron chi connectivity index (χ3n) is 18.0. The lowest BCUT2D eigenvalue weighted by molar-refractivity contribution is -0.137. The van der Waals surface area contributed by atoms with Crippen LogP contribution in [0.3, 0.4) is 0 Å². The Morgan fingerprint density at radius 1 is 0.723 bits per heavy atom. The molecule has 1 aromatic carbocycles. The van der Waals surface area contributed by atoms with Gasteiger partial charge in [-0.3, -0.25) is 9.69 Å². The molecule has 65 heavy (non-hydrogen) atoms. The number of alkyl carbamates (subject to hydrolysis) is 1. The maximum Gasteiger partial charge on any atom is 0.407 e. The monoisotopic (exact) mass is 878 g/mol. The number of aromatic nitrogens is 4. The number of rotatable bonds is 12. The average molecular weight is 878 g/mol. The van der Waals surface area contributed by atoms with Crippen molar-refractivity contribution >= 4 is 23.1 Å². The smallest absolute Gasteiger partial charge is 0.407 e. The number of aromatic amines is 2. The molecule has 12 rings (SSSR count). The van der Waals surface area contributed by atoms with Crippen LogP contribution in [0.5, 0.6) is 0 Å². The molecule has 6 atom stereocenters. The summed E-state index contributed by atoms with van der Waals surface area (Å²) in [6, 6.07) is 9.56. The number of carbonyl (C=O) groups excluding carboxylic acids is 2. The van der Waals surface area contributed by atoms with Crippen LogP contribution in [0.1, 0.15) is 147 Å². The van der Waals surface area contributed by atoms with Gasteiger partial charge < -0.3 is 24.9 Å². The maximum absolute atomic E-state index is 13.7. The Labute approximate surface area is 386 Å². The summed E-state index contributed by atoms with van der Waals surface area (Å²) in [4.78, 5) is 48.0. The minimum Gasteiger partial charge on any atom is -0.453 e. The van der Waals surface area contributed by atoms with Crippen molar-refractivity contribution < 1.29 is 14.3 Å². The molecule has 2 aliphatic heterocycles. The SMILES string of the molecule is COC(=O)NC(CN1CC2(CC2)CC1c1ncc(-c2ccc(C3=CC=C(C4=CC=C(c5cnc(C6CC7(CC7)CN6C(=O)C(C)C(C)C)[nH]5)CC4)C4C5CCC(CC5)C34)cc2)[nH]1)C(C)C. The van der Waals surface area contributed by atoms with Crippen LogP contribution in [0.25, 0.3) is 22.4 Å². The molecular weight excluding hydrogens is 807 g/mol. The number of benzene rings is 1. The second-order valence-electron chi connectivity index (χ2n) is 22.7. The lowest BCUT2D eigenvalue weighted by atomic mass is 9.52. The molecule has 6 unspecified atom stereocenters. The molecule has 2 saturated heterocycles. The molecule has 2 aromatic heterocycles. The first-order valence-electron chi connectivity index (χ1n) is 25.3. The van der Waals surface area contributed by atoms with Gasteiger partial charge in [-0.15, -0.1) is 0 Å². The van der Waals surface area contributed by atoms with Crippen LogP contribution in [0, 0.1) is 52.3 Å². The highest BCUT2D eigenvalue weighted by Gasteiger charge is 2.55. The lowest BCUT2D eigenvalue weighted by Gasteiger charge is -2.52. The summed E-state index contributed by atoms with van der Waals surface area (Å²) in [5.41, 5.74) is 11.3. The van der Waals surface area contributed by atoms with Crippen molar-refractivity contribution in [1.82, 2.24) is 35.1 Å². The van der Waals surface area contributed by atoms with Crippen molar-refractivity contribution in [2.24, 2.45) is 52.3 Å². The van der Waals surface area contributed by atoms with Gasteiger partial charge in [0.15, 0.2) is 0 Å². The summed E-state index contributed by atoms with van der Waals surface area (Å²) in [6.45, 7) is 13.4. The Morgan fingerprint density at radius 3 is 1.92 bits per heavy atom. The predicted octanol–water partition coefficient (Wildman–Crippen LogP) is 11.2. The van der Waals surface area contributed by atoms with Crippen molar-refractivity contribution in [2.45, 2.75) is 130 Å². The van der Waals surface area contributed by atoms with E-state index in [2.05, 4.69) is 108 Å². The zero-order valence-corrected chi connectivity index (χ0v) is 39.7. The predicted molar refractivity (Wildman–Crippen MR) is 256 cm³/mol. The van der Waals surface area contributed by atoms with Crippen LogP contribution in [0.2, 0.25) is 0 Å². The number of likely N-dealkylation sites (tertiary alicyclic amines) is 2. The highest BCUT2D eigenvalue weighted by atomic mass is 16.5. The van der Waals surface area contributed by atoms with Gasteiger partial charge in [0.05, 0.1) is 43.0 Å². The summed E-state index contributed by atoms with van der Waals surface area (Å²) >= 11 is 0. The van der Waals surface area contributed by atoms with Gasteiger partial charge in [-0.05, 0) is 157 Å². The van der Waals surface area contributed by atoms with E-state index in [9.17, 15) is 9.59 Å². The molecule has 0 radical (unpaired) electrons. The Balaban J connectivity index is 0.809. The number of nitrogens with zero attached hydrogens (tertiary/aromatic N) is 4. The second kappa shape index (κ2) is 16.6. The molecule has 7 fully saturated rings. The van der Waals surface area contributed by atoms with Crippen LogP contribution in [0.15, 0.2) is 72.1 Å². The fourth-order valence-electron chi connectivity index (χ4n) is 13.3. The van der Waals surface area contributed by atoms with E-state index in [4.69, 9.17) is 14.7 Å². The molecule has 5 saturated carbocycles. The van der Waals surface area contributed by atoms with E-state index in [0.29, 0.717) is 28.6 Å². The number of hydrogen-bond donors (Lipinski definition) is 3. The lowest BCUT2D eigenvalue weighted by Crippen LogP contribution is -2.46. The number of carbonyl (C=O) groups is 2. The number of hydrogen-bond acceptors (Lipinski definition) is 6. The number of allylic oxidation sites excluding steroid dienone is 8. The number of ether oxygens (including phenoxy) is 1. The molecular formula is C55H71N7O3. The van der Waals surface area contributed by atoms with Gasteiger partial charge in [0.25, 0.3) is 0 Å². The van der Waals surface area contributed by atoms with Crippen molar-refractivity contribution in [3.05, 3.63) is 95.0 Å². The van der Waals surface area contributed by atoms with Gasteiger partial charge in [-0.1, -0.05) is 83.2 Å². The third-order valence-corrected chi connectivity index (χ3v) is 18.0. The van der Waals surface area contributed by atoms with E-state index in [1.807, 2.05) is 12.4 Å². The van der Waals surface area contributed by atoms with Crippen LogP contribution in [-0.2, 0) is 9.53 Å². The van der Waals surface area contributed by atoms with Crippen LogP contribution < -0.4 is 5.32 Å². The van der Waals surface area contributed by atoms with Crippen molar-refractivity contribution in [3.8, 4) is 11.3 Å². The van der Waals surface area contributed by atoms with E-state index in [0.717, 1.165) is 80.2 Å². The molecule has 10 nitrogen and oxygen atoms in total. The standard InChI is InChI=1S/C55H71N7O3/c1-32(2)34(5)52(63)62-31-55(23-24-55)26-47(62)51-57-28-44(59-51)38-13-9-36(10-14-38)42-20-19-41(48-39-15-17-40(18-16-39)49(42)48)35-7-11-37(12-8-35)43-27-56-50(58-43)46-25-54(21-22-54)30-61(46)29-45(33(3)4)60-53(64)65-6/h7-9,11-13,19-20,27-28,32-34,39-40,45-49H,10,14-18,21-26,29-31H2,1-6H3,(H,56,58)(H,57,59)(H,60,64). The molecule has 2 amide bonds. The zero-order chi connectivity index (χ0) is 44.8. The summed E-state index contributed by atoms with van der Waals surface area (Å²) < 4.78 is 4.97. The Kier molecular flexibility index (Phi) is 10.9. The Morgan fingerprint density at radius 2 is 1.29 bits per heavy atom.